The minimum absolute atomic E-state index is 0.396. The maximum Gasteiger partial charge on any atom is 0.127 e. The second-order valence-corrected chi connectivity index (χ2v) is 4.59. The molecule has 2 heteroatoms. The summed E-state index contributed by atoms with van der Waals surface area (Å²) in [7, 11) is 0. The topological polar surface area (TPSA) is 40.9 Å². The molecule has 1 aliphatic carbocycles. The van der Waals surface area contributed by atoms with Gasteiger partial charge in [-0.1, -0.05) is 33.1 Å². The summed E-state index contributed by atoms with van der Waals surface area (Å²) in [4.78, 5) is 10.9. The van der Waals surface area contributed by atoms with Gasteiger partial charge in [0.15, 0.2) is 0 Å². The second-order valence-electron chi connectivity index (χ2n) is 4.59. The molecule has 0 aromatic carbocycles. The van der Waals surface area contributed by atoms with Crippen molar-refractivity contribution in [3.63, 3.8) is 0 Å². The Morgan fingerprint density at radius 1 is 1.31 bits per heavy atom. The predicted octanol–water partition coefficient (Wildman–Crippen LogP) is 2.69. The zero-order valence-corrected chi connectivity index (χ0v) is 8.47. The SMILES string of the molecule is CC(C)(C=O)C1(C#N)CCCCC1. The lowest BCUT2D eigenvalue weighted by Crippen LogP contribution is -2.39. The molecule has 0 spiro atoms. The molecule has 13 heavy (non-hydrogen) atoms. The summed E-state index contributed by atoms with van der Waals surface area (Å²) in [5.74, 6) is 0. The maximum atomic E-state index is 10.9. The highest BCUT2D eigenvalue weighted by Crippen LogP contribution is 2.48. The molecule has 0 heterocycles. The maximum absolute atomic E-state index is 10.9. The van der Waals surface area contributed by atoms with E-state index in [0.717, 1.165) is 32.0 Å². The lowest BCUT2D eigenvalue weighted by atomic mass is 9.60. The Kier molecular flexibility index (Phi) is 2.75. The minimum atomic E-state index is -0.484. The number of aldehydes is 1. The van der Waals surface area contributed by atoms with Crippen molar-refractivity contribution in [2.75, 3.05) is 0 Å². The third-order valence-electron chi connectivity index (χ3n) is 3.45. The van der Waals surface area contributed by atoms with Gasteiger partial charge in [0, 0.05) is 5.41 Å². The number of carbonyl (C=O) groups is 1. The first kappa shape index (κ1) is 10.2. The zero-order chi connectivity index (χ0) is 9.95. The second kappa shape index (κ2) is 3.49. The molecule has 0 radical (unpaired) electrons. The van der Waals surface area contributed by atoms with Crippen molar-refractivity contribution in [2.45, 2.75) is 46.0 Å². The van der Waals surface area contributed by atoms with E-state index in [4.69, 9.17) is 0 Å². The predicted molar refractivity (Wildman–Crippen MR) is 51.0 cm³/mol. The van der Waals surface area contributed by atoms with Gasteiger partial charge >= 0.3 is 0 Å². The third kappa shape index (κ3) is 1.60. The third-order valence-corrected chi connectivity index (χ3v) is 3.45. The van der Waals surface area contributed by atoms with Crippen molar-refractivity contribution < 1.29 is 4.79 Å². The summed E-state index contributed by atoms with van der Waals surface area (Å²) in [6, 6.07) is 2.38. The van der Waals surface area contributed by atoms with Gasteiger partial charge in [0.25, 0.3) is 0 Å². The van der Waals surface area contributed by atoms with Gasteiger partial charge < -0.3 is 4.79 Å². The van der Waals surface area contributed by atoms with Crippen molar-refractivity contribution in [3.8, 4) is 6.07 Å². The minimum Gasteiger partial charge on any atom is -0.303 e. The fraction of sp³-hybridized carbons (Fsp3) is 0.818. The Balaban J connectivity index is 2.92. The Bertz CT molecular complexity index is 231. The van der Waals surface area contributed by atoms with E-state index in [1.165, 1.54) is 6.42 Å². The molecular weight excluding hydrogens is 162 g/mol. The van der Waals surface area contributed by atoms with E-state index in [1.807, 2.05) is 13.8 Å². The number of nitrogens with zero attached hydrogens (tertiary/aromatic N) is 1. The van der Waals surface area contributed by atoms with Gasteiger partial charge in [-0.15, -0.1) is 0 Å². The van der Waals surface area contributed by atoms with Crippen molar-refractivity contribution >= 4 is 6.29 Å². The molecular formula is C11H17NO. The Labute approximate surface area is 79.9 Å². The molecule has 0 saturated heterocycles. The van der Waals surface area contributed by atoms with Crippen molar-refractivity contribution in [2.24, 2.45) is 10.8 Å². The van der Waals surface area contributed by atoms with Gasteiger partial charge in [-0.05, 0) is 12.8 Å². The van der Waals surface area contributed by atoms with Gasteiger partial charge in [-0.25, -0.2) is 0 Å². The first-order valence-electron chi connectivity index (χ1n) is 4.96. The summed E-state index contributed by atoms with van der Waals surface area (Å²) in [5, 5.41) is 9.20. The van der Waals surface area contributed by atoms with Crippen LogP contribution in [0.3, 0.4) is 0 Å². The van der Waals surface area contributed by atoms with E-state index in [-0.39, 0.29) is 0 Å². The van der Waals surface area contributed by atoms with Crippen LogP contribution in [0.4, 0.5) is 0 Å². The summed E-state index contributed by atoms with van der Waals surface area (Å²) in [6.07, 6.45) is 6.10. The molecule has 0 amide bonds. The summed E-state index contributed by atoms with van der Waals surface area (Å²) in [6.45, 7) is 3.77. The molecule has 0 aromatic rings. The Morgan fingerprint density at radius 2 is 1.85 bits per heavy atom. The molecule has 0 unspecified atom stereocenters. The van der Waals surface area contributed by atoms with E-state index in [0.29, 0.717) is 0 Å². The highest BCUT2D eigenvalue weighted by Gasteiger charge is 2.45. The molecule has 2 nitrogen and oxygen atoms in total. The van der Waals surface area contributed by atoms with Crippen molar-refractivity contribution in [1.82, 2.24) is 0 Å². The van der Waals surface area contributed by atoms with Crippen LogP contribution in [0.25, 0.3) is 0 Å². The van der Waals surface area contributed by atoms with Gasteiger partial charge in [0.1, 0.15) is 6.29 Å². The fourth-order valence-corrected chi connectivity index (χ4v) is 2.17. The van der Waals surface area contributed by atoms with Crippen molar-refractivity contribution in [3.05, 3.63) is 0 Å². The van der Waals surface area contributed by atoms with E-state index in [9.17, 15) is 10.1 Å². The first-order chi connectivity index (χ1) is 6.08. The molecule has 1 saturated carbocycles. The highest BCUT2D eigenvalue weighted by molar-refractivity contribution is 5.61. The summed E-state index contributed by atoms with van der Waals surface area (Å²) >= 11 is 0. The molecule has 0 aromatic heterocycles. The van der Waals surface area contributed by atoms with Gasteiger partial charge in [0.05, 0.1) is 11.5 Å². The van der Waals surface area contributed by atoms with Crippen LogP contribution in [0, 0.1) is 22.2 Å². The van der Waals surface area contributed by atoms with E-state index >= 15 is 0 Å². The molecule has 0 aliphatic heterocycles. The van der Waals surface area contributed by atoms with Crippen LogP contribution < -0.4 is 0 Å². The van der Waals surface area contributed by atoms with Crippen LogP contribution in [0.15, 0.2) is 0 Å². The molecule has 0 atom stereocenters. The van der Waals surface area contributed by atoms with E-state index in [2.05, 4.69) is 6.07 Å². The van der Waals surface area contributed by atoms with Crippen LogP contribution >= 0.6 is 0 Å². The van der Waals surface area contributed by atoms with Crippen molar-refractivity contribution in [1.29, 1.82) is 5.26 Å². The monoisotopic (exact) mass is 179 g/mol. The standard InChI is InChI=1S/C11H17NO/c1-10(2,9-13)11(8-12)6-4-3-5-7-11/h9H,3-7H2,1-2H3. The van der Waals surface area contributed by atoms with Gasteiger partial charge in [0.2, 0.25) is 0 Å². The number of nitriles is 1. The quantitative estimate of drug-likeness (QED) is 0.611. The number of hydrogen-bond acceptors (Lipinski definition) is 2. The smallest absolute Gasteiger partial charge is 0.127 e. The molecule has 1 aliphatic rings. The number of carbonyl (C=O) groups excluding carboxylic acids is 1. The average Bonchev–Trinajstić information content (AvgIpc) is 2.18. The van der Waals surface area contributed by atoms with E-state index in [1.54, 1.807) is 0 Å². The average molecular weight is 179 g/mol. The number of rotatable bonds is 2. The molecule has 1 fully saturated rings. The van der Waals surface area contributed by atoms with Crippen LogP contribution in [-0.2, 0) is 4.79 Å². The summed E-state index contributed by atoms with van der Waals surface area (Å²) < 4.78 is 0. The number of hydrogen-bond donors (Lipinski definition) is 0. The van der Waals surface area contributed by atoms with Crippen LogP contribution in [0.2, 0.25) is 0 Å². The lowest BCUT2D eigenvalue weighted by molar-refractivity contribution is -0.120. The van der Waals surface area contributed by atoms with Gasteiger partial charge in [-0.3, -0.25) is 0 Å². The summed E-state index contributed by atoms with van der Waals surface area (Å²) in [5.41, 5.74) is -0.880. The highest BCUT2D eigenvalue weighted by atomic mass is 16.1. The first-order valence-corrected chi connectivity index (χ1v) is 4.96. The Hall–Kier alpha value is -0.840. The normalized spacial score (nSPS) is 21.9. The zero-order valence-electron chi connectivity index (χ0n) is 8.47. The molecule has 72 valence electrons. The van der Waals surface area contributed by atoms with Crippen LogP contribution in [0.1, 0.15) is 46.0 Å². The molecule has 1 rings (SSSR count). The molecule has 0 N–H and O–H groups in total. The fourth-order valence-electron chi connectivity index (χ4n) is 2.17. The molecule has 0 bridgehead atoms. The van der Waals surface area contributed by atoms with Gasteiger partial charge in [-0.2, -0.15) is 5.26 Å². The van der Waals surface area contributed by atoms with Crippen LogP contribution in [-0.4, -0.2) is 6.29 Å². The van der Waals surface area contributed by atoms with Crippen LogP contribution in [0.5, 0.6) is 0 Å². The lowest BCUT2D eigenvalue weighted by Gasteiger charge is -2.40. The largest absolute Gasteiger partial charge is 0.303 e. The Morgan fingerprint density at radius 3 is 2.23 bits per heavy atom. The van der Waals surface area contributed by atoms with E-state index < -0.39 is 10.8 Å².